The molecule has 1 N–H and O–H groups in total. The number of carbonyl (C=O) groups excluding carboxylic acids is 1. The first-order valence-corrected chi connectivity index (χ1v) is 5.96. The number of nitrogens with one attached hydrogen (secondary N) is 1. The molecule has 0 fully saturated rings. The summed E-state index contributed by atoms with van der Waals surface area (Å²) in [5.41, 5.74) is 0.661. The molecule has 0 saturated carbocycles. The van der Waals surface area contributed by atoms with E-state index in [1.165, 1.54) is 13.2 Å². The fourth-order valence-electron chi connectivity index (χ4n) is 1.82. The van der Waals surface area contributed by atoms with Crippen molar-refractivity contribution >= 4 is 11.7 Å². The molecule has 5 heteroatoms. The first kappa shape index (κ1) is 14.0. The van der Waals surface area contributed by atoms with Gasteiger partial charge in [-0.15, -0.1) is 0 Å². The first-order chi connectivity index (χ1) is 9.61. The molecule has 104 valence electrons. The normalized spacial score (nSPS) is 11.8. The lowest BCUT2D eigenvalue weighted by Crippen LogP contribution is -2.23. The fourth-order valence-corrected chi connectivity index (χ4v) is 1.82. The number of esters is 1. The first-order valence-electron chi connectivity index (χ1n) is 5.96. The van der Waals surface area contributed by atoms with Crippen LogP contribution in [-0.2, 0) is 9.53 Å². The van der Waals surface area contributed by atoms with Gasteiger partial charge in [-0.05, 0) is 18.2 Å². The Bertz CT molecular complexity index is 602. The van der Waals surface area contributed by atoms with Crippen molar-refractivity contribution in [2.75, 3.05) is 12.4 Å². The van der Waals surface area contributed by atoms with Crippen molar-refractivity contribution in [2.45, 2.75) is 6.04 Å². The van der Waals surface area contributed by atoms with Gasteiger partial charge in [0.25, 0.3) is 0 Å². The zero-order chi connectivity index (χ0) is 14.5. The van der Waals surface area contributed by atoms with Crippen LogP contribution in [0.2, 0.25) is 0 Å². The zero-order valence-corrected chi connectivity index (χ0v) is 10.8. The van der Waals surface area contributed by atoms with Gasteiger partial charge in [0.05, 0.1) is 7.11 Å². The van der Waals surface area contributed by atoms with Crippen LogP contribution in [0.4, 0.5) is 14.5 Å². The maximum absolute atomic E-state index is 13.8. The minimum Gasteiger partial charge on any atom is -0.467 e. The highest BCUT2D eigenvalue weighted by atomic mass is 19.1. The molecule has 20 heavy (non-hydrogen) atoms. The molecule has 2 aromatic carbocycles. The van der Waals surface area contributed by atoms with E-state index in [2.05, 4.69) is 10.1 Å². The fraction of sp³-hybridized carbons (Fsp3) is 0.133. The Kier molecular flexibility index (Phi) is 4.30. The average molecular weight is 277 g/mol. The summed E-state index contributed by atoms with van der Waals surface area (Å²) >= 11 is 0. The van der Waals surface area contributed by atoms with Crippen molar-refractivity contribution in [3.63, 3.8) is 0 Å². The molecule has 2 rings (SSSR count). The van der Waals surface area contributed by atoms with Gasteiger partial charge in [0.1, 0.15) is 11.6 Å². The highest BCUT2D eigenvalue weighted by molar-refractivity contribution is 5.81. The van der Waals surface area contributed by atoms with Crippen molar-refractivity contribution in [1.29, 1.82) is 0 Å². The van der Waals surface area contributed by atoms with Crippen LogP contribution in [0, 0.1) is 11.6 Å². The molecule has 0 heterocycles. The van der Waals surface area contributed by atoms with Crippen LogP contribution in [0.3, 0.4) is 0 Å². The Morgan fingerprint density at radius 2 is 1.85 bits per heavy atom. The highest BCUT2D eigenvalue weighted by Gasteiger charge is 2.24. The lowest BCUT2D eigenvalue weighted by atomic mass is 10.1. The van der Waals surface area contributed by atoms with Crippen LogP contribution >= 0.6 is 0 Å². The van der Waals surface area contributed by atoms with Gasteiger partial charge in [0, 0.05) is 17.3 Å². The number of halogens is 2. The number of anilines is 1. The van der Waals surface area contributed by atoms with E-state index in [0.717, 1.165) is 12.1 Å². The third-order valence-electron chi connectivity index (χ3n) is 2.80. The van der Waals surface area contributed by atoms with Crippen molar-refractivity contribution in [2.24, 2.45) is 0 Å². The number of para-hydroxylation sites is 1. The van der Waals surface area contributed by atoms with Gasteiger partial charge in [-0.1, -0.05) is 24.3 Å². The lowest BCUT2D eigenvalue weighted by molar-refractivity contribution is -0.141. The average Bonchev–Trinajstić information content (AvgIpc) is 2.46. The van der Waals surface area contributed by atoms with Gasteiger partial charge in [0.15, 0.2) is 6.04 Å². The van der Waals surface area contributed by atoms with E-state index in [9.17, 15) is 13.6 Å². The highest BCUT2D eigenvalue weighted by Crippen LogP contribution is 2.23. The molecular weight excluding hydrogens is 264 g/mol. The Morgan fingerprint density at radius 1 is 1.15 bits per heavy atom. The Labute approximate surface area is 115 Å². The molecule has 0 aromatic heterocycles. The summed E-state index contributed by atoms with van der Waals surface area (Å²) in [5.74, 6) is -2.15. The van der Waals surface area contributed by atoms with E-state index in [0.29, 0.717) is 5.69 Å². The quantitative estimate of drug-likeness (QED) is 0.871. The van der Waals surface area contributed by atoms with Crippen molar-refractivity contribution in [1.82, 2.24) is 0 Å². The lowest BCUT2D eigenvalue weighted by Gasteiger charge is -2.18. The third kappa shape index (κ3) is 3.12. The Morgan fingerprint density at radius 3 is 2.45 bits per heavy atom. The van der Waals surface area contributed by atoms with E-state index in [-0.39, 0.29) is 5.56 Å². The topological polar surface area (TPSA) is 38.3 Å². The molecule has 2 aromatic rings. The Balaban J connectivity index is 2.35. The second-order valence-corrected chi connectivity index (χ2v) is 4.13. The summed E-state index contributed by atoms with van der Waals surface area (Å²) in [6.07, 6.45) is 0. The number of ether oxygens (including phenoxy) is 1. The second-order valence-electron chi connectivity index (χ2n) is 4.13. The van der Waals surface area contributed by atoms with Crippen molar-refractivity contribution in [3.8, 4) is 0 Å². The second kappa shape index (κ2) is 6.14. The number of rotatable bonds is 4. The van der Waals surface area contributed by atoms with Crippen LogP contribution < -0.4 is 5.32 Å². The number of carbonyl (C=O) groups is 1. The molecule has 0 aliphatic heterocycles. The van der Waals surface area contributed by atoms with Crippen LogP contribution in [0.1, 0.15) is 11.6 Å². The summed E-state index contributed by atoms with van der Waals surface area (Å²) in [6.45, 7) is 0. The standard InChI is InChI=1S/C15H13F2NO2/c1-20-15(19)14(18-11-5-3-2-4-6-11)12-8-7-10(16)9-13(12)17/h2-9,14,18H,1H3. The summed E-state index contributed by atoms with van der Waals surface area (Å²) in [6, 6.07) is 10.9. The summed E-state index contributed by atoms with van der Waals surface area (Å²) in [4.78, 5) is 11.8. The van der Waals surface area contributed by atoms with Crippen LogP contribution in [0.15, 0.2) is 48.5 Å². The molecular formula is C15H13F2NO2. The smallest absolute Gasteiger partial charge is 0.333 e. The minimum absolute atomic E-state index is 0.0297. The van der Waals surface area contributed by atoms with Crippen LogP contribution in [0.5, 0.6) is 0 Å². The third-order valence-corrected chi connectivity index (χ3v) is 2.80. The van der Waals surface area contributed by atoms with Crippen LogP contribution in [0.25, 0.3) is 0 Å². The number of hydrogen-bond donors (Lipinski definition) is 1. The Hall–Kier alpha value is -2.43. The predicted molar refractivity (Wildman–Crippen MR) is 71.2 cm³/mol. The van der Waals surface area contributed by atoms with Crippen molar-refractivity contribution in [3.05, 3.63) is 65.7 Å². The molecule has 0 saturated heterocycles. The number of hydrogen-bond acceptors (Lipinski definition) is 3. The molecule has 0 amide bonds. The summed E-state index contributed by atoms with van der Waals surface area (Å²) in [7, 11) is 1.21. The van der Waals surface area contributed by atoms with Gasteiger partial charge in [0.2, 0.25) is 0 Å². The molecule has 0 spiro atoms. The van der Waals surface area contributed by atoms with E-state index >= 15 is 0 Å². The number of benzene rings is 2. The van der Waals surface area contributed by atoms with E-state index in [1.807, 2.05) is 6.07 Å². The number of methoxy groups -OCH3 is 1. The summed E-state index contributed by atoms with van der Waals surface area (Å²) < 4.78 is 31.4. The molecule has 0 radical (unpaired) electrons. The van der Waals surface area contributed by atoms with E-state index in [1.54, 1.807) is 24.3 Å². The molecule has 1 atom stereocenters. The molecule has 0 aliphatic carbocycles. The van der Waals surface area contributed by atoms with Gasteiger partial charge in [-0.3, -0.25) is 0 Å². The maximum Gasteiger partial charge on any atom is 0.333 e. The molecule has 1 unspecified atom stereocenters. The molecule has 0 aliphatic rings. The largest absolute Gasteiger partial charge is 0.467 e. The van der Waals surface area contributed by atoms with E-state index in [4.69, 9.17) is 0 Å². The van der Waals surface area contributed by atoms with E-state index < -0.39 is 23.6 Å². The maximum atomic E-state index is 13.8. The van der Waals surface area contributed by atoms with Crippen molar-refractivity contribution < 1.29 is 18.3 Å². The SMILES string of the molecule is COC(=O)C(Nc1ccccc1)c1ccc(F)cc1F. The van der Waals surface area contributed by atoms with Gasteiger partial charge in [-0.25, -0.2) is 13.6 Å². The predicted octanol–water partition coefficient (Wildman–Crippen LogP) is 3.29. The van der Waals surface area contributed by atoms with Gasteiger partial charge in [-0.2, -0.15) is 0 Å². The van der Waals surface area contributed by atoms with Gasteiger partial charge >= 0.3 is 5.97 Å². The minimum atomic E-state index is -1.04. The zero-order valence-electron chi connectivity index (χ0n) is 10.8. The van der Waals surface area contributed by atoms with Gasteiger partial charge < -0.3 is 10.1 Å². The summed E-state index contributed by atoms with van der Waals surface area (Å²) in [5, 5.41) is 2.87. The molecule has 3 nitrogen and oxygen atoms in total. The molecule has 0 bridgehead atoms. The monoisotopic (exact) mass is 277 g/mol. The van der Waals surface area contributed by atoms with Crippen LogP contribution in [-0.4, -0.2) is 13.1 Å².